The molecule has 2 aromatic heterocycles. The van der Waals surface area contributed by atoms with Crippen molar-refractivity contribution in [2.24, 2.45) is 0 Å². The van der Waals surface area contributed by atoms with Crippen LogP contribution in [-0.2, 0) is 21.7 Å². The topological polar surface area (TPSA) is 24.6 Å². The molecule has 13 aromatic rings. The zero-order valence-corrected chi connectivity index (χ0v) is 51.0. The quantitative estimate of drug-likeness (QED) is 0.155. The molecule has 0 unspecified atom stereocenters. The van der Waals surface area contributed by atoms with Crippen molar-refractivity contribution in [3.05, 3.63) is 253 Å². The Balaban J connectivity index is 0.998. The van der Waals surface area contributed by atoms with Crippen molar-refractivity contribution in [2.75, 3.05) is 9.80 Å². The number of anilines is 6. The van der Waals surface area contributed by atoms with E-state index in [0.29, 0.717) is 0 Å². The summed E-state index contributed by atoms with van der Waals surface area (Å²) in [5, 5.41) is 4.68. The molecule has 0 spiro atoms. The lowest BCUT2D eigenvalue weighted by Crippen LogP contribution is -2.61. The van der Waals surface area contributed by atoms with Crippen molar-refractivity contribution in [2.45, 2.75) is 97.3 Å². The summed E-state index contributed by atoms with van der Waals surface area (Å²) in [5.41, 5.74) is 28.8. The minimum atomic E-state index is -0.158. The fraction of sp³-hybridized carbons (Fsp3) is 0.185. The average Bonchev–Trinajstić information content (AvgIpc) is 0.977. The molecule has 4 heterocycles. The smallest absolute Gasteiger partial charge is 0.252 e. The molecule has 11 aromatic carbocycles. The molecule has 0 radical (unpaired) electrons. The normalized spacial score (nSPS) is 14.9. The Morgan fingerprint density at radius 3 is 1.43 bits per heavy atom. The van der Waals surface area contributed by atoms with Gasteiger partial charge in [-0.05, 0) is 167 Å². The first-order valence-corrected chi connectivity index (χ1v) is 30.8. The molecule has 418 valence electrons. The monoisotopic (exact) mass is 1110 g/mol. The average molecular weight is 1110 g/mol. The molecule has 0 amide bonds. The predicted molar refractivity (Wildman–Crippen MR) is 366 cm³/mol. The summed E-state index contributed by atoms with van der Waals surface area (Å²) >= 11 is 0. The van der Waals surface area contributed by atoms with Crippen molar-refractivity contribution in [1.82, 2.24) is 4.57 Å². The second kappa shape index (κ2) is 18.6. The number of para-hydroxylation sites is 3. The number of nitrogens with zero attached hydrogens (tertiary/aromatic N) is 3. The first kappa shape index (κ1) is 52.3. The largest absolute Gasteiger partial charge is 0.456 e. The lowest BCUT2D eigenvalue weighted by atomic mass is 9.33. The Hall–Kier alpha value is -9.32. The standard InChI is InChI=1S/C81H70BN3O/c1-78(2,3)56-21-17-19-51(41-56)54-32-39-71-67(44-54)82-68-45-55(52-20-18-22-57(42-52)79(4,5)6)33-40-72(68)84(59-36-37-64-63-25-13-16-28-75(63)86-76(64)48-59)74-47-60(85-69-26-14-11-23-61(69)62-24-12-15-27-70(62)85)46-73(77(74)82)83(71)58-34-29-50(30-35-58)53-31-38-65-66(43-53)81(9,10)49-80(65,7)8/h11-48H,49H2,1-10H3. The van der Waals surface area contributed by atoms with Crippen LogP contribution in [0.25, 0.3) is 82.8 Å². The highest BCUT2D eigenvalue weighted by Crippen LogP contribution is 2.52. The van der Waals surface area contributed by atoms with Gasteiger partial charge in [0, 0.05) is 61.7 Å². The Kier molecular flexibility index (Phi) is 11.3. The minimum absolute atomic E-state index is 0.0143. The summed E-state index contributed by atoms with van der Waals surface area (Å²) in [5.74, 6) is 0. The van der Waals surface area contributed by atoms with Gasteiger partial charge in [-0.1, -0.05) is 227 Å². The Morgan fingerprint density at radius 2 is 0.837 bits per heavy atom. The third-order valence-electron chi connectivity index (χ3n) is 19.5. The van der Waals surface area contributed by atoms with E-state index in [2.05, 4.69) is 314 Å². The maximum absolute atomic E-state index is 6.78. The van der Waals surface area contributed by atoms with Crippen LogP contribution in [0.3, 0.4) is 0 Å². The van der Waals surface area contributed by atoms with E-state index >= 15 is 0 Å². The minimum Gasteiger partial charge on any atom is -0.456 e. The summed E-state index contributed by atoms with van der Waals surface area (Å²) in [4.78, 5) is 5.13. The van der Waals surface area contributed by atoms with Gasteiger partial charge in [0.15, 0.2) is 0 Å². The molecule has 5 heteroatoms. The number of hydrogen-bond donors (Lipinski definition) is 0. The molecule has 2 aliphatic heterocycles. The van der Waals surface area contributed by atoms with Crippen molar-refractivity contribution >= 4 is 101 Å². The molecule has 0 fully saturated rings. The van der Waals surface area contributed by atoms with Gasteiger partial charge in [-0.15, -0.1) is 0 Å². The van der Waals surface area contributed by atoms with Crippen LogP contribution < -0.4 is 26.2 Å². The third-order valence-corrected chi connectivity index (χ3v) is 19.5. The number of aromatic nitrogens is 1. The van der Waals surface area contributed by atoms with Crippen LogP contribution in [0.5, 0.6) is 0 Å². The van der Waals surface area contributed by atoms with Crippen LogP contribution in [0.2, 0.25) is 0 Å². The molecule has 0 saturated carbocycles. The zero-order chi connectivity index (χ0) is 58.8. The van der Waals surface area contributed by atoms with Crippen LogP contribution in [0.1, 0.15) is 97.9 Å². The highest BCUT2D eigenvalue weighted by molar-refractivity contribution is 7.00. The van der Waals surface area contributed by atoms with Crippen molar-refractivity contribution in [3.8, 4) is 39.1 Å². The third kappa shape index (κ3) is 8.10. The maximum atomic E-state index is 6.78. The van der Waals surface area contributed by atoms with Crippen molar-refractivity contribution in [3.63, 3.8) is 0 Å². The Bertz CT molecular complexity index is 4910. The van der Waals surface area contributed by atoms with Gasteiger partial charge in [0.05, 0.1) is 16.7 Å². The summed E-state index contributed by atoms with van der Waals surface area (Å²) < 4.78 is 9.28. The highest BCUT2D eigenvalue weighted by atomic mass is 16.3. The maximum Gasteiger partial charge on any atom is 0.252 e. The van der Waals surface area contributed by atoms with Gasteiger partial charge in [-0.2, -0.15) is 0 Å². The summed E-state index contributed by atoms with van der Waals surface area (Å²) in [7, 11) is 0. The summed E-state index contributed by atoms with van der Waals surface area (Å²) in [6.07, 6.45) is 1.14. The van der Waals surface area contributed by atoms with E-state index in [1.807, 2.05) is 0 Å². The fourth-order valence-corrected chi connectivity index (χ4v) is 15.4. The van der Waals surface area contributed by atoms with Gasteiger partial charge < -0.3 is 18.8 Å². The van der Waals surface area contributed by atoms with Gasteiger partial charge in [0.2, 0.25) is 0 Å². The lowest BCUT2D eigenvalue weighted by Gasteiger charge is -2.44. The molecule has 0 saturated heterocycles. The molecule has 3 aliphatic rings. The fourth-order valence-electron chi connectivity index (χ4n) is 15.4. The second-order valence-electron chi connectivity index (χ2n) is 28.1. The Labute approximate surface area is 506 Å². The van der Waals surface area contributed by atoms with Crippen molar-refractivity contribution in [1.29, 1.82) is 0 Å². The van der Waals surface area contributed by atoms with E-state index in [1.54, 1.807) is 0 Å². The molecule has 16 rings (SSSR count). The van der Waals surface area contributed by atoms with E-state index in [1.165, 1.54) is 99.5 Å². The van der Waals surface area contributed by atoms with Gasteiger partial charge in [-0.3, -0.25) is 0 Å². The SMILES string of the molecule is CC(C)(C)c1cccc(-c2ccc3c(c2)B2c4cc(-c5cccc(C(C)(C)C)c5)ccc4N(c4ccc5c(c4)oc4ccccc45)c4cc(-n5c6ccccc6c6ccccc65)cc(c42)N3c2ccc(-c3ccc4c(c3)C(C)(C)CC4(C)C)cc2)c1. The summed E-state index contributed by atoms with van der Waals surface area (Å²) in [6.45, 7) is 23.3. The molecule has 4 nitrogen and oxygen atoms in total. The van der Waals surface area contributed by atoms with Crippen LogP contribution >= 0.6 is 0 Å². The Morgan fingerprint density at radius 1 is 0.360 bits per heavy atom. The van der Waals surface area contributed by atoms with Crippen LogP contribution in [-0.4, -0.2) is 11.3 Å². The summed E-state index contributed by atoms with van der Waals surface area (Å²) in [6, 6.07) is 87.7. The molecule has 1 aliphatic carbocycles. The first-order chi connectivity index (χ1) is 41.4. The van der Waals surface area contributed by atoms with Gasteiger partial charge in [0.25, 0.3) is 6.71 Å². The van der Waals surface area contributed by atoms with E-state index in [0.717, 1.165) is 62.5 Å². The molecular weight excluding hydrogens is 1040 g/mol. The number of furan rings is 1. The molecular formula is C81H70BN3O. The zero-order valence-electron chi connectivity index (χ0n) is 51.0. The van der Waals surface area contributed by atoms with E-state index in [-0.39, 0.29) is 28.4 Å². The van der Waals surface area contributed by atoms with Crippen LogP contribution in [0, 0.1) is 0 Å². The van der Waals surface area contributed by atoms with Crippen LogP contribution in [0.4, 0.5) is 34.1 Å². The lowest BCUT2D eigenvalue weighted by molar-refractivity contribution is 0.403. The number of rotatable bonds is 6. The molecule has 0 bridgehead atoms. The highest BCUT2D eigenvalue weighted by Gasteiger charge is 2.45. The van der Waals surface area contributed by atoms with E-state index in [4.69, 9.17) is 4.42 Å². The number of hydrogen-bond acceptors (Lipinski definition) is 3. The predicted octanol–water partition coefficient (Wildman–Crippen LogP) is 20.3. The van der Waals surface area contributed by atoms with Gasteiger partial charge >= 0.3 is 0 Å². The number of fused-ring (bicyclic) bond motifs is 11. The number of benzene rings is 11. The van der Waals surface area contributed by atoms with Crippen LogP contribution in [0.15, 0.2) is 235 Å². The van der Waals surface area contributed by atoms with Crippen molar-refractivity contribution < 1.29 is 4.42 Å². The van der Waals surface area contributed by atoms with E-state index in [9.17, 15) is 0 Å². The second-order valence-corrected chi connectivity index (χ2v) is 28.1. The van der Waals surface area contributed by atoms with Gasteiger partial charge in [0.1, 0.15) is 11.2 Å². The molecule has 0 N–H and O–H groups in total. The molecule has 86 heavy (non-hydrogen) atoms. The molecule has 0 atom stereocenters. The van der Waals surface area contributed by atoms with Gasteiger partial charge in [-0.25, -0.2) is 0 Å². The van der Waals surface area contributed by atoms with E-state index < -0.39 is 0 Å². The first-order valence-electron chi connectivity index (χ1n) is 30.8.